The van der Waals surface area contributed by atoms with E-state index in [2.05, 4.69) is 0 Å². The molecule has 1 fully saturated rings. The molecule has 0 aromatic heterocycles. The van der Waals surface area contributed by atoms with Crippen molar-refractivity contribution in [1.82, 2.24) is 0 Å². The van der Waals surface area contributed by atoms with Crippen molar-refractivity contribution in [2.24, 2.45) is 0 Å². The molecule has 0 spiro atoms. The number of hydrogen-bond donors (Lipinski definition) is 2. The molecular weight excluding hydrogens is 264 g/mol. The highest BCUT2D eigenvalue weighted by Crippen LogP contribution is 2.41. The summed E-state index contributed by atoms with van der Waals surface area (Å²) >= 11 is 0. The average Bonchev–Trinajstić information content (AvgIpc) is 2.74. The summed E-state index contributed by atoms with van der Waals surface area (Å²) in [4.78, 5) is 0. The van der Waals surface area contributed by atoms with E-state index in [0.717, 1.165) is 18.9 Å². The summed E-state index contributed by atoms with van der Waals surface area (Å²) in [6.07, 6.45) is -3.95. The van der Waals surface area contributed by atoms with E-state index >= 15 is 0 Å². The van der Waals surface area contributed by atoms with Crippen molar-refractivity contribution in [2.75, 3.05) is 0 Å². The molecule has 0 bridgehead atoms. The van der Waals surface area contributed by atoms with Gasteiger partial charge in [0.15, 0.2) is 0 Å². The molecule has 0 aliphatic heterocycles. The molecule has 2 rings (SSSR count). The minimum Gasteiger partial charge on any atom is -0.387 e. The van der Waals surface area contributed by atoms with Crippen molar-refractivity contribution >= 4 is 0 Å². The Morgan fingerprint density at radius 3 is 2.21 bits per heavy atom. The summed E-state index contributed by atoms with van der Waals surface area (Å²) in [6.45, 7) is 0. The molecule has 0 heterocycles. The van der Waals surface area contributed by atoms with Gasteiger partial charge in [-0.15, -0.1) is 0 Å². The summed E-state index contributed by atoms with van der Waals surface area (Å²) in [6, 6.07) is 2.24. The monoisotopic (exact) mass is 278 g/mol. The van der Waals surface area contributed by atoms with Gasteiger partial charge in [-0.2, -0.15) is 13.2 Å². The first-order valence-corrected chi connectivity index (χ1v) is 6.01. The maximum atomic E-state index is 13.4. The van der Waals surface area contributed by atoms with Crippen LogP contribution < -0.4 is 0 Å². The Morgan fingerprint density at radius 1 is 1.16 bits per heavy atom. The van der Waals surface area contributed by atoms with E-state index in [1.54, 1.807) is 0 Å². The Balaban J connectivity index is 2.29. The van der Waals surface area contributed by atoms with Crippen LogP contribution in [0.3, 0.4) is 0 Å². The lowest BCUT2D eigenvalue weighted by Crippen LogP contribution is -2.33. The van der Waals surface area contributed by atoms with Gasteiger partial charge in [0.25, 0.3) is 0 Å². The molecule has 19 heavy (non-hydrogen) atoms. The van der Waals surface area contributed by atoms with E-state index in [1.165, 1.54) is 0 Å². The summed E-state index contributed by atoms with van der Waals surface area (Å²) in [7, 11) is 0. The Hall–Kier alpha value is -1.14. The van der Waals surface area contributed by atoms with Crippen LogP contribution in [0.2, 0.25) is 0 Å². The number of aliphatic hydroxyl groups excluding tert-OH is 1. The van der Waals surface area contributed by atoms with Crippen LogP contribution in [0.1, 0.15) is 42.9 Å². The third kappa shape index (κ3) is 2.74. The highest BCUT2D eigenvalue weighted by atomic mass is 19.4. The van der Waals surface area contributed by atoms with Crippen molar-refractivity contribution < 1.29 is 27.8 Å². The largest absolute Gasteiger partial charge is 0.419 e. The van der Waals surface area contributed by atoms with Crippen LogP contribution in [0.4, 0.5) is 17.6 Å². The van der Waals surface area contributed by atoms with Gasteiger partial charge in [-0.05, 0) is 30.5 Å². The number of halogens is 4. The first kappa shape index (κ1) is 14.3. The van der Waals surface area contributed by atoms with Crippen LogP contribution in [-0.2, 0) is 6.18 Å². The molecule has 1 unspecified atom stereocenters. The second kappa shape index (κ2) is 4.76. The van der Waals surface area contributed by atoms with Crippen molar-refractivity contribution in [1.29, 1.82) is 0 Å². The van der Waals surface area contributed by atoms with Gasteiger partial charge >= 0.3 is 6.18 Å². The van der Waals surface area contributed by atoms with Gasteiger partial charge < -0.3 is 10.2 Å². The molecule has 1 aromatic rings. The standard InChI is InChI=1S/C13H14F4O2/c14-10-7-8(3-4-9(10)13(15,16)17)11(18)12(19)5-1-2-6-12/h3-4,7,11,18-19H,1-2,5-6H2. The molecule has 0 saturated heterocycles. The van der Waals surface area contributed by atoms with Crippen molar-refractivity contribution in [3.8, 4) is 0 Å². The lowest BCUT2D eigenvalue weighted by atomic mass is 9.89. The number of aliphatic hydroxyl groups is 2. The van der Waals surface area contributed by atoms with Gasteiger partial charge in [-0.1, -0.05) is 18.9 Å². The topological polar surface area (TPSA) is 40.5 Å². The predicted octanol–water partition coefficient (Wildman–Crippen LogP) is 3.18. The molecule has 1 saturated carbocycles. The zero-order valence-electron chi connectivity index (χ0n) is 10.0. The first-order chi connectivity index (χ1) is 8.74. The Kier molecular flexibility index (Phi) is 3.57. The molecule has 1 aliphatic carbocycles. The van der Waals surface area contributed by atoms with Crippen LogP contribution in [0.25, 0.3) is 0 Å². The fourth-order valence-electron chi connectivity index (χ4n) is 2.50. The van der Waals surface area contributed by atoms with E-state index < -0.39 is 29.3 Å². The summed E-state index contributed by atoms with van der Waals surface area (Å²) < 4.78 is 50.6. The van der Waals surface area contributed by atoms with Crippen LogP contribution in [-0.4, -0.2) is 15.8 Å². The van der Waals surface area contributed by atoms with Crippen LogP contribution in [0.5, 0.6) is 0 Å². The van der Waals surface area contributed by atoms with Gasteiger partial charge in [0.05, 0.1) is 11.2 Å². The maximum Gasteiger partial charge on any atom is 0.419 e. The third-order valence-electron chi connectivity index (χ3n) is 3.59. The molecule has 1 atom stereocenters. The van der Waals surface area contributed by atoms with Crippen LogP contribution in [0, 0.1) is 5.82 Å². The lowest BCUT2D eigenvalue weighted by Gasteiger charge is -2.29. The zero-order valence-corrected chi connectivity index (χ0v) is 10.0. The van der Waals surface area contributed by atoms with Crippen molar-refractivity contribution in [3.63, 3.8) is 0 Å². The highest BCUT2D eigenvalue weighted by molar-refractivity contribution is 5.29. The summed E-state index contributed by atoms with van der Waals surface area (Å²) in [5.74, 6) is -1.44. The third-order valence-corrected chi connectivity index (χ3v) is 3.59. The van der Waals surface area contributed by atoms with E-state index in [-0.39, 0.29) is 5.56 Å². The molecule has 0 amide bonds. The van der Waals surface area contributed by atoms with E-state index in [0.29, 0.717) is 25.0 Å². The molecular formula is C13H14F4O2. The van der Waals surface area contributed by atoms with Gasteiger partial charge in [0.1, 0.15) is 11.9 Å². The summed E-state index contributed by atoms with van der Waals surface area (Å²) in [5.41, 5.74) is -2.77. The van der Waals surface area contributed by atoms with Crippen LogP contribution in [0.15, 0.2) is 18.2 Å². The van der Waals surface area contributed by atoms with E-state index in [9.17, 15) is 27.8 Å². The molecule has 2 N–H and O–H groups in total. The fraction of sp³-hybridized carbons (Fsp3) is 0.538. The quantitative estimate of drug-likeness (QED) is 0.816. The maximum absolute atomic E-state index is 13.4. The summed E-state index contributed by atoms with van der Waals surface area (Å²) in [5, 5.41) is 20.1. The normalized spacial score (nSPS) is 20.5. The SMILES string of the molecule is OC(c1ccc(C(F)(F)F)c(F)c1)C1(O)CCCC1. The number of benzene rings is 1. The van der Waals surface area contributed by atoms with E-state index in [1.807, 2.05) is 0 Å². The molecule has 6 heteroatoms. The Morgan fingerprint density at radius 2 is 1.74 bits per heavy atom. The first-order valence-electron chi connectivity index (χ1n) is 6.01. The number of rotatable bonds is 2. The second-order valence-corrected chi connectivity index (χ2v) is 4.95. The molecule has 1 aliphatic rings. The van der Waals surface area contributed by atoms with Crippen molar-refractivity contribution in [3.05, 3.63) is 35.1 Å². The van der Waals surface area contributed by atoms with Crippen LogP contribution >= 0.6 is 0 Å². The predicted molar refractivity (Wildman–Crippen MR) is 59.8 cm³/mol. The molecule has 1 aromatic carbocycles. The zero-order chi connectivity index (χ0) is 14.3. The van der Waals surface area contributed by atoms with Crippen molar-refractivity contribution in [2.45, 2.75) is 43.6 Å². The minimum absolute atomic E-state index is 0.0325. The van der Waals surface area contributed by atoms with Gasteiger partial charge in [-0.3, -0.25) is 0 Å². The minimum atomic E-state index is -4.77. The highest BCUT2D eigenvalue weighted by Gasteiger charge is 2.40. The Bertz CT molecular complexity index is 464. The van der Waals surface area contributed by atoms with E-state index in [4.69, 9.17) is 0 Å². The average molecular weight is 278 g/mol. The smallest absolute Gasteiger partial charge is 0.387 e. The molecule has 106 valence electrons. The Labute approximate surface area is 107 Å². The second-order valence-electron chi connectivity index (χ2n) is 4.95. The van der Waals surface area contributed by atoms with Gasteiger partial charge in [0.2, 0.25) is 0 Å². The van der Waals surface area contributed by atoms with Gasteiger partial charge in [0, 0.05) is 0 Å². The molecule has 0 radical (unpaired) electrons. The number of hydrogen-bond acceptors (Lipinski definition) is 2. The lowest BCUT2D eigenvalue weighted by molar-refractivity contribution is -0.140. The molecule has 2 nitrogen and oxygen atoms in total. The van der Waals surface area contributed by atoms with Gasteiger partial charge in [-0.25, -0.2) is 4.39 Å². The fourth-order valence-corrected chi connectivity index (χ4v) is 2.50. The number of alkyl halides is 3.